The maximum absolute atomic E-state index is 5.52. The van der Waals surface area contributed by atoms with Crippen molar-refractivity contribution < 1.29 is 9.47 Å². The van der Waals surface area contributed by atoms with Crippen LogP contribution in [0.15, 0.2) is 23.2 Å². The van der Waals surface area contributed by atoms with E-state index >= 15 is 0 Å². The van der Waals surface area contributed by atoms with Gasteiger partial charge in [0.25, 0.3) is 0 Å². The van der Waals surface area contributed by atoms with Gasteiger partial charge in [0.05, 0.1) is 6.04 Å². The van der Waals surface area contributed by atoms with E-state index in [4.69, 9.17) is 15.3 Å². The third-order valence-electron chi connectivity index (χ3n) is 2.80. The number of anilines is 1. The predicted molar refractivity (Wildman–Crippen MR) is 68.8 cm³/mol. The molecule has 1 saturated carbocycles. The van der Waals surface area contributed by atoms with Gasteiger partial charge >= 0.3 is 0 Å². The van der Waals surface area contributed by atoms with Crippen molar-refractivity contribution in [2.24, 2.45) is 10.8 Å². The monoisotopic (exact) mass is 248 g/mol. The minimum Gasteiger partial charge on any atom is -0.486 e. The summed E-state index contributed by atoms with van der Waals surface area (Å²) in [7, 11) is 0. The Morgan fingerprint density at radius 2 is 2.00 bits per heavy atom. The number of hydrogen-bond donors (Lipinski definition) is 3. The highest BCUT2D eigenvalue weighted by molar-refractivity contribution is 5.93. The number of nitrogens with two attached hydrogens (primary N) is 1. The molecule has 1 aromatic rings. The molecule has 1 aliphatic heterocycles. The molecule has 2 aliphatic rings. The van der Waals surface area contributed by atoms with Crippen LogP contribution < -0.4 is 26.1 Å². The zero-order valence-electron chi connectivity index (χ0n) is 9.98. The molecule has 1 fully saturated rings. The lowest BCUT2D eigenvalue weighted by Gasteiger charge is -2.19. The van der Waals surface area contributed by atoms with Crippen LogP contribution in [0.1, 0.15) is 12.8 Å². The summed E-state index contributed by atoms with van der Waals surface area (Å²) in [5, 5.41) is 3.13. The Bertz CT molecular complexity index is 471. The molecule has 0 amide bonds. The van der Waals surface area contributed by atoms with E-state index in [0.717, 1.165) is 30.0 Å². The summed E-state index contributed by atoms with van der Waals surface area (Å²) in [5.74, 6) is 7.53. The first-order valence-corrected chi connectivity index (χ1v) is 6.06. The van der Waals surface area contributed by atoms with Crippen LogP contribution in [-0.2, 0) is 0 Å². The normalized spacial score (nSPS) is 18.4. The number of guanidine groups is 1. The number of ether oxygens (including phenoxy) is 2. The zero-order chi connectivity index (χ0) is 12.4. The second-order valence-corrected chi connectivity index (χ2v) is 4.34. The van der Waals surface area contributed by atoms with Crippen molar-refractivity contribution in [1.29, 1.82) is 0 Å². The Morgan fingerprint density at radius 3 is 2.72 bits per heavy atom. The van der Waals surface area contributed by atoms with Crippen LogP contribution in [0.5, 0.6) is 11.5 Å². The molecule has 0 spiro atoms. The first-order chi connectivity index (χ1) is 8.85. The minimum atomic E-state index is 0.403. The number of fused-ring (bicyclic) bond motifs is 1. The van der Waals surface area contributed by atoms with Crippen molar-refractivity contribution in [1.82, 2.24) is 5.43 Å². The largest absolute Gasteiger partial charge is 0.486 e. The predicted octanol–water partition coefficient (Wildman–Crippen LogP) is 0.851. The summed E-state index contributed by atoms with van der Waals surface area (Å²) >= 11 is 0. The molecule has 0 radical (unpaired) electrons. The molecule has 1 heterocycles. The lowest BCUT2D eigenvalue weighted by molar-refractivity contribution is 0.171. The summed E-state index contributed by atoms with van der Waals surface area (Å²) < 4.78 is 11.0. The average molecular weight is 248 g/mol. The van der Waals surface area contributed by atoms with Crippen LogP contribution in [0.4, 0.5) is 5.69 Å². The van der Waals surface area contributed by atoms with Gasteiger partial charge in [-0.05, 0) is 25.0 Å². The zero-order valence-corrected chi connectivity index (χ0v) is 9.98. The van der Waals surface area contributed by atoms with Gasteiger partial charge in [0, 0.05) is 11.8 Å². The molecule has 0 atom stereocenters. The van der Waals surface area contributed by atoms with Crippen molar-refractivity contribution in [3.63, 3.8) is 0 Å². The third kappa shape index (κ3) is 2.48. The smallest absolute Gasteiger partial charge is 0.210 e. The fourth-order valence-corrected chi connectivity index (χ4v) is 1.75. The van der Waals surface area contributed by atoms with Gasteiger partial charge in [-0.3, -0.25) is 5.43 Å². The number of benzene rings is 1. The molecule has 1 aromatic carbocycles. The van der Waals surface area contributed by atoms with Gasteiger partial charge in [-0.1, -0.05) is 0 Å². The first kappa shape index (κ1) is 11.2. The van der Waals surface area contributed by atoms with E-state index in [1.807, 2.05) is 18.2 Å². The van der Waals surface area contributed by atoms with Crippen molar-refractivity contribution in [2.75, 3.05) is 18.5 Å². The lowest BCUT2D eigenvalue weighted by atomic mass is 10.2. The Hall–Kier alpha value is -1.95. The van der Waals surface area contributed by atoms with E-state index in [0.29, 0.717) is 25.2 Å². The number of aliphatic imine (C=N–C) groups is 1. The Kier molecular flexibility index (Phi) is 2.93. The number of nitrogens with one attached hydrogen (secondary N) is 2. The van der Waals surface area contributed by atoms with Crippen LogP contribution in [-0.4, -0.2) is 25.2 Å². The Balaban J connectivity index is 1.75. The van der Waals surface area contributed by atoms with Crippen molar-refractivity contribution in [3.8, 4) is 11.5 Å². The van der Waals surface area contributed by atoms with E-state index < -0.39 is 0 Å². The molecule has 18 heavy (non-hydrogen) atoms. The van der Waals surface area contributed by atoms with Crippen molar-refractivity contribution in [3.05, 3.63) is 18.2 Å². The number of rotatable bonds is 2. The van der Waals surface area contributed by atoms with Gasteiger partial charge < -0.3 is 14.8 Å². The highest BCUT2D eigenvalue weighted by atomic mass is 16.6. The van der Waals surface area contributed by atoms with Crippen molar-refractivity contribution in [2.45, 2.75) is 18.9 Å². The van der Waals surface area contributed by atoms with Gasteiger partial charge in [0.1, 0.15) is 13.2 Å². The van der Waals surface area contributed by atoms with E-state index in [2.05, 4.69) is 15.7 Å². The molecule has 0 aromatic heterocycles. The quantitative estimate of drug-likeness (QED) is 0.313. The van der Waals surface area contributed by atoms with Gasteiger partial charge in [0.15, 0.2) is 11.5 Å². The molecule has 6 nitrogen and oxygen atoms in total. The minimum absolute atomic E-state index is 0.403. The molecule has 3 rings (SSSR count). The Labute approximate surface area is 105 Å². The number of hydrogen-bond acceptors (Lipinski definition) is 4. The maximum Gasteiger partial charge on any atom is 0.210 e. The summed E-state index contributed by atoms with van der Waals surface area (Å²) in [6.07, 6.45) is 2.27. The molecular formula is C12H16N4O2. The summed E-state index contributed by atoms with van der Waals surface area (Å²) in [4.78, 5) is 4.41. The fraction of sp³-hybridized carbons (Fsp3) is 0.417. The second kappa shape index (κ2) is 4.73. The van der Waals surface area contributed by atoms with Gasteiger partial charge in [0.2, 0.25) is 5.96 Å². The van der Waals surface area contributed by atoms with Crippen LogP contribution >= 0.6 is 0 Å². The topological polar surface area (TPSA) is 80.9 Å². The van der Waals surface area contributed by atoms with E-state index in [1.54, 1.807) is 0 Å². The summed E-state index contributed by atoms with van der Waals surface area (Å²) in [6.45, 7) is 1.17. The number of hydrazine groups is 1. The van der Waals surface area contributed by atoms with Crippen LogP contribution in [0.3, 0.4) is 0 Å². The molecule has 1 aliphatic carbocycles. The second-order valence-electron chi connectivity index (χ2n) is 4.34. The van der Waals surface area contributed by atoms with Crippen LogP contribution in [0.25, 0.3) is 0 Å². The summed E-state index contributed by atoms with van der Waals surface area (Å²) in [6, 6.07) is 6.07. The van der Waals surface area contributed by atoms with E-state index in [-0.39, 0.29) is 0 Å². The molecule has 0 unspecified atom stereocenters. The maximum atomic E-state index is 5.52. The highest BCUT2D eigenvalue weighted by Crippen LogP contribution is 2.32. The van der Waals surface area contributed by atoms with Crippen LogP contribution in [0.2, 0.25) is 0 Å². The van der Waals surface area contributed by atoms with Gasteiger partial charge in [-0.25, -0.2) is 10.8 Å². The fourth-order valence-electron chi connectivity index (χ4n) is 1.75. The average Bonchev–Trinajstić information content (AvgIpc) is 3.22. The SMILES string of the molecule is NNC(=NC1CC1)Nc1ccc2c(c1)OCCO2. The summed E-state index contributed by atoms with van der Waals surface area (Å²) in [5.41, 5.74) is 3.44. The van der Waals surface area contributed by atoms with Gasteiger partial charge in [-0.2, -0.15) is 0 Å². The Morgan fingerprint density at radius 1 is 1.22 bits per heavy atom. The molecule has 0 saturated heterocycles. The lowest BCUT2D eigenvalue weighted by Crippen LogP contribution is -2.36. The van der Waals surface area contributed by atoms with Crippen LogP contribution in [0, 0.1) is 0 Å². The van der Waals surface area contributed by atoms with Crippen molar-refractivity contribution >= 4 is 11.6 Å². The molecular weight excluding hydrogens is 232 g/mol. The first-order valence-electron chi connectivity index (χ1n) is 6.06. The highest BCUT2D eigenvalue weighted by Gasteiger charge is 2.21. The van der Waals surface area contributed by atoms with Gasteiger partial charge in [-0.15, -0.1) is 0 Å². The van der Waals surface area contributed by atoms with E-state index in [1.165, 1.54) is 0 Å². The van der Waals surface area contributed by atoms with E-state index in [9.17, 15) is 0 Å². The molecule has 96 valence electrons. The molecule has 4 N–H and O–H groups in total. The molecule has 0 bridgehead atoms. The standard InChI is InChI=1S/C12H16N4O2/c13-16-12(14-8-1-2-8)15-9-3-4-10-11(7-9)18-6-5-17-10/h3-4,7-8H,1-2,5-6,13H2,(H2,14,15,16). The third-order valence-corrected chi connectivity index (χ3v) is 2.80. The molecule has 6 heteroatoms. The number of nitrogens with zero attached hydrogens (tertiary/aromatic N) is 1.